The van der Waals surface area contributed by atoms with Gasteiger partial charge < -0.3 is 9.05 Å². The van der Waals surface area contributed by atoms with Crippen molar-refractivity contribution in [1.29, 1.82) is 0 Å². The Morgan fingerprint density at radius 3 is 0.760 bits per heavy atom. The number of hydrogen-bond acceptors (Lipinski definition) is 7. The Hall–Kier alpha value is 0.410. The third-order valence-electron chi connectivity index (χ3n) is 3.08. The van der Waals surface area contributed by atoms with Crippen LogP contribution in [0.2, 0.25) is 0 Å². The van der Waals surface area contributed by atoms with Crippen molar-refractivity contribution in [2.24, 2.45) is 0 Å². The molecule has 25 heavy (non-hydrogen) atoms. The van der Waals surface area contributed by atoms with Gasteiger partial charge in [-0.1, -0.05) is 0 Å². The lowest BCUT2D eigenvalue weighted by Gasteiger charge is -2.19. The van der Waals surface area contributed by atoms with Crippen molar-refractivity contribution in [3.05, 3.63) is 0 Å². The first kappa shape index (κ1) is 30.1. The van der Waals surface area contributed by atoms with Gasteiger partial charge in [0.2, 0.25) is 0 Å². The first-order valence-electron chi connectivity index (χ1n) is 7.09. The van der Waals surface area contributed by atoms with Gasteiger partial charge in [-0.3, -0.25) is 18.2 Å². The fourth-order valence-corrected chi connectivity index (χ4v) is 2.18. The maximum atomic E-state index is 11.1. The molecule has 0 fully saturated rings. The first-order chi connectivity index (χ1) is 11.1. The zero-order valence-corrected chi connectivity index (χ0v) is 20.2. The number of hydrogen-bond donors (Lipinski definition) is 0. The summed E-state index contributed by atoms with van der Waals surface area (Å²) in [6, 6.07) is 0. The molecule has 2 unspecified atom stereocenters. The second-order valence-electron chi connectivity index (χ2n) is 5.35. The van der Waals surface area contributed by atoms with Gasteiger partial charge in [0.25, 0.3) is 15.0 Å². The highest BCUT2D eigenvalue weighted by molar-refractivity contribution is 7.55. The molecule has 0 radical (unpaired) electrons. The summed E-state index contributed by atoms with van der Waals surface area (Å²) in [5.41, 5.74) is 0. The van der Waals surface area contributed by atoms with Gasteiger partial charge in [-0.05, 0) is 42.3 Å². The van der Waals surface area contributed by atoms with Crippen molar-refractivity contribution >= 4 is 22.8 Å². The van der Waals surface area contributed by atoms with Crippen LogP contribution in [-0.2, 0) is 31.8 Å². The van der Waals surface area contributed by atoms with Crippen molar-refractivity contribution in [1.82, 2.24) is 14.0 Å². The van der Waals surface area contributed by atoms with Crippen LogP contribution >= 0.6 is 22.8 Å². The molecule has 0 spiro atoms. The van der Waals surface area contributed by atoms with Crippen molar-refractivity contribution in [2.75, 3.05) is 84.1 Å². The fraction of sp³-hybridized carbons (Fsp3) is 1.00. The molecule has 0 heterocycles. The lowest BCUT2D eigenvalue weighted by molar-refractivity contribution is 0.232. The molecule has 0 aromatic heterocycles. The zero-order valence-electron chi connectivity index (χ0n) is 17.5. The molecule has 0 aromatic carbocycles. The highest BCUT2D eigenvalue weighted by atomic mass is 31.2. The largest absolute Gasteiger partial charge is 0.407 e. The molecule has 10 nitrogen and oxygen atoms in total. The van der Waals surface area contributed by atoms with Gasteiger partial charge in [-0.2, -0.15) is 0 Å². The summed E-state index contributed by atoms with van der Waals surface area (Å²) in [5.74, 6) is 0. The second-order valence-corrected chi connectivity index (χ2v) is 13.4. The van der Waals surface area contributed by atoms with E-state index in [9.17, 15) is 13.7 Å². The predicted molar refractivity (Wildman–Crippen MR) is 104 cm³/mol. The Kier molecular flexibility index (Phi) is 16.4. The van der Waals surface area contributed by atoms with Crippen molar-refractivity contribution in [3.63, 3.8) is 0 Å². The topological polar surface area (TPSA) is 97.8 Å². The molecule has 0 aliphatic carbocycles. The Morgan fingerprint density at radius 1 is 0.520 bits per heavy atom. The molecule has 2 atom stereocenters. The molecule has 0 aliphatic rings. The molecular weight excluding hydrogens is 391 g/mol. The molecule has 0 N–H and O–H groups in total. The molecule has 156 valence electrons. The summed E-state index contributed by atoms with van der Waals surface area (Å²) in [6.07, 6.45) is 0. The molecule has 0 saturated carbocycles. The van der Waals surface area contributed by atoms with Gasteiger partial charge in [0.05, 0.1) is 0 Å². The van der Waals surface area contributed by atoms with Gasteiger partial charge >= 0.3 is 7.75 Å². The van der Waals surface area contributed by atoms with E-state index in [1.807, 2.05) is 0 Å². The van der Waals surface area contributed by atoms with Crippen molar-refractivity contribution < 1.29 is 31.8 Å². The lowest BCUT2D eigenvalue weighted by atomic mass is 11.3. The SMILES string of the molecule is COP(=O)(OC)N(C)C.COP(C)(=O)N(C)C.COP(C)(=O)N(C)C. The fourth-order valence-electron chi connectivity index (χ4n) is 0.728. The standard InChI is InChI=1S/C4H12NO3P.2C4H12NO2P/c1-5(2)9(6,7-3)8-4;2*1-5(2)8(4,6)7-3/h1-4H3;2*1-4H3. The molecule has 0 rings (SSSR count). The van der Waals surface area contributed by atoms with E-state index in [1.54, 1.807) is 65.0 Å². The molecule has 0 amide bonds. The maximum absolute atomic E-state index is 11.1. The molecule has 0 aliphatic heterocycles. The summed E-state index contributed by atoms with van der Waals surface area (Å²) in [6.45, 7) is 3.15. The summed E-state index contributed by atoms with van der Waals surface area (Å²) >= 11 is 0. The van der Waals surface area contributed by atoms with Crippen LogP contribution in [0.3, 0.4) is 0 Å². The Balaban J connectivity index is -0.000000291. The molecule has 13 heteroatoms. The lowest BCUT2D eigenvalue weighted by Crippen LogP contribution is -2.10. The van der Waals surface area contributed by atoms with E-state index in [0.717, 1.165) is 0 Å². The van der Waals surface area contributed by atoms with Crippen LogP contribution in [0.5, 0.6) is 0 Å². The molecular formula is C12H36N3O7P3. The molecule has 0 bridgehead atoms. The average molecular weight is 427 g/mol. The first-order valence-corrected chi connectivity index (χ1v) is 12.6. The van der Waals surface area contributed by atoms with E-state index in [4.69, 9.17) is 0 Å². The van der Waals surface area contributed by atoms with Gasteiger partial charge in [-0.15, -0.1) is 0 Å². The van der Waals surface area contributed by atoms with Crippen LogP contribution in [0.25, 0.3) is 0 Å². The van der Waals surface area contributed by atoms with E-state index in [2.05, 4.69) is 18.1 Å². The monoisotopic (exact) mass is 427 g/mol. The van der Waals surface area contributed by atoms with Gasteiger partial charge in [-0.25, -0.2) is 18.6 Å². The minimum Gasteiger partial charge on any atom is -0.321 e. The van der Waals surface area contributed by atoms with E-state index >= 15 is 0 Å². The summed E-state index contributed by atoms with van der Waals surface area (Å²) in [7, 11) is 8.02. The quantitative estimate of drug-likeness (QED) is 0.564. The van der Waals surface area contributed by atoms with E-state index in [0.29, 0.717) is 0 Å². The number of nitrogens with zero attached hydrogens (tertiary/aromatic N) is 3. The van der Waals surface area contributed by atoms with Crippen molar-refractivity contribution in [3.8, 4) is 0 Å². The number of rotatable bonds is 7. The van der Waals surface area contributed by atoms with Crippen molar-refractivity contribution in [2.45, 2.75) is 0 Å². The smallest absolute Gasteiger partial charge is 0.321 e. The highest BCUT2D eigenvalue weighted by Crippen LogP contribution is 2.47. The Morgan fingerprint density at radius 2 is 0.760 bits per heavy atom. The van der Waals surface area contributed by atoms with Crippen LogP contribution in [0, 0.1) is 0 Å². The predicted octanol–water partition coefficient (Wildman–Crippen LogP) is 2.98. The van der Waals surface area contributed by atoms with Gasteiger partial charge in [0.1, 0.15) is 0 Å². The third-order valence-corrected chi connectivity index (χ3v) is 9.25. The van der Waals surface area contributed by atoms with Crippen LogP contribution in [0.1, 0.15) is 0 Å². The zero-order chi connectivity index (χ0) is 21.1. The minimum absolute atomic E-state index is 1.35. The van der Waals surface area contributed by atoms with Crippen LogP contribution < -0.4 is 0 Å². The summed E-state index contributed by atoms with van der Waals surface area (Å²) in [4.78, 5) is 0. The van der Waals surface area contributed by atoms with Crippen LogP contribution in [0.4, 0.5) is 0 Å². The Bertz CT molecular complexity index is 451. The molecule has 0 aromatic rings. The average Bonchev–Trinajstić information content (AvgIpc) is 2.54. The second kappa shape index (κ2) is 13.6. The van der Waals surface area contributed by atoms with Gasteiger partial charge in [0, 0.05) is 41.8 Å². The third kappa shape index (κ3) is 13.3. The van der Waals surface area contributed by atoms with E-state index in [-0.39, 0.29) is 0 Å². The minimum atomic E-state index is -2.92. The van der Waals surface area contributed by atoms with Gasteiger partial charge in [0.15, 0.2) is 0 Å². The summed E-state index contributed by atoms with van der Waals surface area (Å²) in [5, 5.41) is 0. The van der Waals surface area contributed by atoms with E-state index in [1.165, 1.54) is 33.1 Å². The Labute approximate surface area is 153 Å². The highest BCUT2D eigenvalue weighted by Gasteiger charge is 2.23. The van der Waals surface area contributed by atoms with Crippen LogP contribution in [0.15, 0.2) is 0 Å². The summed E-state index contributed by atoms with van der Waals surface area (Å²) < 4.78 is 56.2. The normalized spacial score (nSPS) is 16.4. The van der Waals surface area contributed by atoms with E-state index < -0.39 is 22.8 Å². The molecule has 0 saturated heterocycles. The van der Waals surface area contributed by atoms with Crippen LogP contribution in [-0.4, -0.2) is 98.1 Å². The maximum Gasteiger partial charge on any atom is 0.407 e.